The summed E-state index contributed by atoms with van der Waals surface area (Å²) in [6.07, 6.45) is 6.69. The largest absolute Gasteiger partial charge is 0.467 e. The fourth-order valence-corrected chi connectivity index (χ4v) is 4.57. The second-order valence-corrected chi connectivity index (χ2v) is 7.73. The van der Waals surface area contributed by atoms with E-state index in [-0.39, 0.29) is 18.4 Å². The number of hydrogen-bond donors (Lipinski definition) is 1. The van der Waals surface area contributed by atoms with Crippen LogP contribution in [0.5, 0.6) is 5.88 Å². The molecule has 7 heteroatoms. The molecule has 6 nitrogen and oxygen atoms in total. The summed E-state index contributed by atoms with van der Waals surface area (Å²) >= 11 is 1.69. The summed E-state index contributed by atoms with van der Waals surface area (Å²) in [5.74, 6) is 0.432. The van der Waals surface area contributed by atoms with Gasteiger partial charge in [-0.1, -0.05) is 0 Å². The highest BCUT2D eigenvalue weighted by Gasteiger charge is 2.43. The predicted octanol–water partition coefficient (Wildman–Crippen LogP) is 2.37. The lowest BCUT2D eigenvalue weighted by Crippen LogP contribution is -2.48. The Morgan fingerprint density at radius 1 is 1.50 bits per heavy atom. The number of carbonyl (C=O) groups excluding carboxylic acids is 1. The first-order chi connectivity index (χ1) is 11.6. The first-order valence-corrected chi connectivity index (χ1v) is 9.02. The van der Waals surface area contributed by atoms with Crippen LogP contribution in [0.4, 0.5) is 0 Å². The molecule has 24 heavy (non-hydrogen) atoms. The second-order valence-electron chi connectivity index (χ2n) is 6.64. The molecule has 2 aromatic heterocycles. The van der Waals surface area contributed by atoms with Crippen molar-refractivity contribution in [3.8, 4) is 11.9 Å². The van der Waals surface area contributed by atoms with E-state index in [0.717, 1.165) is 42.3 Å². The zero-order valence-electron chi connectivity index (χ0n) is 13.5. The number of hydrogen-bond acceptors (Lipinski definition) is 6. The molecule has 0 saturated heterocycles. The van der Waals surface area contributed by atoms with Crippen molar-refractivity contribution in [3.05, 3.63) is 16.8 Å². The first-order valence-electron chi connectivity index (χ1n) is 8.21. The van der Waals surface area contributed by atoms with Crippen LogP contribution in [-0.4, -0.2) is 28.0 Å². The van der Waals surface area contributed by atoms with Gasteiger partial charge in [0.1, 0.15) is 16.7 Å². The van der Waals surface area contributed by atoms with Crippen molar-refractivity contribution in [2.24, 2.45) is 5.92 Å². The van der Waals surface area contributed by atoms with Gasteiger partial charge in [0.05, 0.1) is 11.5 Å². The molecule has 1 N–H and O–H groups in total. The standard InChI is InChI=1S/C17H18N4O2S/c1-17(8-18,10-5-6-10)21-13(22)7-23-15-14-11-3-2-4-12(11)24-16(14)20-9-19-15/h9-10H,2-7H2,1H3,(H,21,22). The van der Waals surface area contributed by atoms with Crippen molar-refractivity contribution < 1.29 is 9.53 Å². The molecule has 0 spiro atoms. The molecule has 2 aromatic rings. The molecule has 2 aliphatic rings. The maximum absolute atomic E-state index is 12.2. The van der Waals surface area contributed by atoms with E-state index in [1.54, 1.807) is 18.3 Å². The van der Waals surface area contributed by atoms with Crippen LogP contribution in [0.3, 0.4) is 0 Å². The monoisotopic (exact) mass is 342 g/mol. The molecule has 0 radical (unpaired) electrons. The second kappa shape index (κ2) is 5.71. The van der Waals surface area contributed by atoms with Crippen LogP contribution in [-0.2, 0) is 17.6 Å². The van der Waals surface area contributed by atoms with Crippen molar-refractivity contribution in [1.29, 1.82) is 5.26 Å². The van der Waals surface area contributed by atoms with Gasteiger partial charge in [-0.3, -0.25) is 4.79 Å². The van der Waals surface area contributed by atoms with Crippen molar-refractivity contribution in [2.75, 3.05) is 6.61 Å². The summed E-state index contributed by atoms with van der Waals surface area (Å²) in [7, 11) is 0. The van der Waals surface area contributed by atoms with Crippen molar-refractivity contribution in [1.82, 2.24) is 15.3 Å². The van der Waals surface area contributed by atoms with E-state index < -0.39 is 5.54 Å². The molecular weight excluding hydrogens is 324 g/mol. The van der Waals surface area contributed by atoms with E-state index in [2.05, 4.69) is 21.4 Å². The molecule has 124 valence electrons. The van der Waals surface area contributed by atoms with Crippen molar-refractivity contribution >= 4 is 27.5 Å². The van der Waals surface area contributed by atoms with Crippen LogP contribution < -0.4 is 10.1 Å². The van der Waals surface area contributed by atoms with Crippen molar-refractivity contribution in [2.45, 2.75) is 44.6 Å². The minimum Gasteiger partial charge on any atom is -0.467 e. The molecule has 0 aliphatic heterocycles. The number of nitrogens with zero attached hydrogens (tertiary/aromatic N) is 3. The van der Waals surface area contributed by atoms with Crippen LogP contribution in [0.25, 0.3) is 10.2 Å². The third-order valence-electron chi connectivity index (χ3n) is 4.83. The average molecular weight is 342 g/mol. The van der Waals surface area contributed by atoms with Crippen LogP contribution >= 0.6 is 11.3 Å². The molecule has 0 bridgehead atoms. The number of aromatic nitrogens is 2. The minimum absolute atomic E-state index is 0.138. The summed E-state index contributed by atoms with van der Waals surface area (Å²) < 4.78 is 5.69. The summed E-state index contributed by atoms with van der Waals surface area (Å²) in [6.45, 7) is 1.64. The normalized spacial score (nSPS) is 18.7. The van der Waals surface area contributed by atoms with Gasteiger partial charge in [0.15, 0.2) is 6.61 Å². The molecule has 2 heterocycles. The highest BCUT2D eigenvalue weighted by Crippen LogP contribution is 2.40. The van der Waals surface area contributed by atoms with Gasteiger partial charge in [0, 0.05) is 4.88 Å². The Morgan fingerprint density at radius 3 is 3.08 bits per heavy atom. The molecule has 1 unspecified atom stereocenters. The van der Waals surface area contributed by atoms with Gasteiger partial charge in [-0.15, -0.1) is 11.3 Å². The summed E-state index contributed by atoms with van der Waals surface area (Å²) in [5.41, 5.74) is 0.469. The molecule has 1 atom stereocenters. The lowest BCUT2D eigenvalue weighted by atomic mass is 9.98. The zero-order chi connectivity index (χ0) is 16.7. The van der Waals surface area contributed by atoms with Gasteiger partial charge in [-0.2, -0.15) is 5.26 Å². The molecule has 4 rings (SSSR count). The number of carbonyl (C=O) groups is 1. The van der Waals surface area contributed by atoms with Crippen LogP contribution in [0.1, 0.15) is 36.6 Å². The van der Waals surface area contributed by atoms with Gasteiger partial charge in [0.25, 0.3) is 5.91 Å². The fourth-order valence-electron chi connectivity index (χ4n) is 3.35. The topological polar surface area (TPSA) is 87.9 Å². The first kappa shape index (κ1) is 15.3. The number of nitriles is 1. The predicted molar refractivity (Wildman–Crippen MR) is 89.8 cm³/mol. The lowest BCUT2D eigenvalue weighted by molar-refractivity contribution is -0.124. The molecule has 1 saturated carbocycles. The Hall–Kier alpha value is -2.20. The number of nitrogens with one attached hydrogen (secondary N) is 1. The SMILES string of the molecule is CC(C#N)(NC(=O)COc1ncnc2sc3c(c12)CCC3)C1CC1. The van der Waals surface area contributed by atoms with Gasteiger partial charge in [0.2, 0.25) is 5.88 Å². The Labute approximate surface area is 143 Å². The van der Waals surface area contributed by atoms with Gasteiger partial charge in [-0.05, 0) is 50.5 Å². The van der Waals surface area contributed by atoms with Crippen molar-refractivity contribution in [3.63, 3.8) is 0 Å². The van der Waals surface area contributed by atoms with Gasteiger partial charge >= 0.3 is 0 Å². The van der Waals surface area contributed by atoms with Crippen LogP contribution in [0, 0.1) is 17.2 Å². The molecule has 2 aliphatic carbocycles. The fraction of sp³-hybridized carbons (Fsp3) is 0.529. The minimum atomic E-state index is -0.801. The van der Waals surface area contributed by atoms with E-state index in [0.29, 0.717) is 5.88 Å². The molecule has 1 amide bonds. The highest BCUT2D eigenvalue weighted by molar-refractivity contribution is 7.18. The highest BCUT2D eigenvalue weighted by atomic mass is 32.1. The Morgan fingerprint density at radius 2 is 2.33 bits per heavy atom. The Kier molecular flexibility index (Phi) is 3.65. The summed E-state index contributed by atoms with van der Waals surface area (Å²) in [4.78, 5) is 23.0. The Bertz CT molecular complexity index is 852. The van der Waals surface area contributed by atoms with Gasteiger partial charge < -0.3 is 10.1 Å². The number of ether oxygens (including phenoxy) is 1. The summed E-state index contributed by atoms with van der Waals surface area (Å²) in [6, 6.07) is 2.22. The number of thiophene rings is 1. The molecule has 1 fully saturated rings. The van der Waals surface area contributed by atoms with E-state index >= 15 is 0 Å². The quantitative estimate of drug-likeness (QED) is 0.901. The average Bonchev–Trinajstić information content (AvgIpc) is 3.24. The lowest BCUT2D eigenvalue weighted by Gasteiger charge is -2.22. The number of amides is 1. The van der Waals surface area contributed by atoms with Gasteiger partial charge in [-0.25, -0.2) is 9.97 Å². The van der Waals surface area contributed by atoms with E-state index in [1.165, 1.54) is 16.8 Å². The third-order valence-corrected chi connectivity index (χ3v) is 6.03. The maximum atomic E-state index is 12.2. The number of rotatable bonds is 5. The van der Waals surface area contributed by atoms with Crippen LogP contribution in [0.2, 0.25) is 0 Å². The van der Waals surface area contributed by atoms with E-state index in [1.807, 2.05) is 0 Å². The summed E-state index contributed by atoms with van der Waals surface area (Å²) in [5, 5.41) is 13.1. The maximum Gasteiger partial charge on any atom is 0.259 e. The smallest absolute Gasteiger partial charge is 0.259 e. The van der Waals surface area contributed by atoms with Crippen LogP contribution in [0.15, 0.2) is 6.33 Å². The number of fused-ring (bicyclic) bond motifs is 3. The third kappa shape index (κ3) is 2.61. The molecule has 0 aromatic carbocycles. The molecular formula is C17H18N4O2S. The zero-order valence-corrected chi connectivity index (χ0v) is 14.3. The van der Waals surface area contributed by atoms with E-state index in [4.69, 9.17) is 4.74 Å². The van der Waals surface area contributed by atoms with E-state index in [9.17, 15) is 10.1 Å². The number of aryl methyl sites for hydroxylation is 2. The Balaban J connectivity index is 1.49.